The summed E-state index contributed by atoms with van der Waals surface area (Å²) in [6.45, 7) is 4.58. The van der Waals surface area contributed by atoms with Crippen LogP contribution in [0, 0.1) is 11.2 Å². The maximum Gasteiger partial charge on any atom is 0.344 e. The van der Waals surface area contributed by atoms with Crippen LogP contribution >= 0.6 is 0 Å². The molecule has 0 unspecified atom stereocenters. The van der Waals surface area contributed by atoms with Gasteiger partial charge in [0.15, 0.2) is 19.0 Å². The van der Waals surface area contributed by atoms with Gasteiger partial charge in [0.25, 0.3) is 0 Å². The Hall–Kier alpha value is -3.22. The second-order valence-electron chi connectivity index (χ2n) is 7.11. The lowest BCUT2D eigenvalue weighted by molar-refractivity contribution is -0.144. The van der Waals surface area contributed by atoms with Crippen molar-refractivity contribution < 1.29 is 28.2 Å². The van der Waals surface area contributed by atoms with Crippen molar-refractivity contribution in [1.82, 2.24) is 0 Å². The van der Waals surface area contributed by atoms with Gasteiger partial charge >= 0.3 is 5.97 Å². The Kier molecular flexibility index (Phi) is 6.87. The summed E-state index contributed by atoms with van der Waals surface area (Å²) in [5.41, 5.74) is 0.390. The van der Waals surface area contributed by atoms with Crippen LogP contribution in [0.4, 0.5) is 10.1 Å². The largest absolute Gasteiger partial charge is 0.482 e. The van der Waals surface area contributed by atoms with Crippen molar-refractivity contribution in [2.75, 3.05) is 18.5 Å². The van der Waals surface area contributed by atoms with E-state index in [0.717, 1.165) is 0 Å². The maximum atomic E-state index is 12.8. The second kappa shape index (κ2) is 9.12. The van der Waals surface area contributed by atoms with E-state index in [4.69, 9.17) is 9.47 Å². The normalized spacial score (nSPS) is 10.9. The summed E-state index contributed by atoms with van der Waals surface area (Å²) in [6, 6.07) is 11.5. The minimum atomic E-state index is -0.716. The molecule has 2 rings (SSSR count). The van der Waals surface area contributed by atoms with Crippen molar-refractivity contribution in [3.63, 3.8) is 0 Å². The molecule has 0 fully saturated rings. The van der Waals surface area contributed by atoms with Gasteiger partial charge < -0.3 is 14.8 Å². The lowest BCUT2D eigenvalue weighted by Crippen LogP contribution is -2.27. The topological polar surface area (TPSA) is 81.7 Å². The molecule has 0 radical (unpaired) electrons. The van der Waals surface area contributed by atoms with E-state index in [1.807, 2.05) is 0 Å². The van der Waals surface area contributed by atoms with Crippen molar-refractivity contribution in [2.45, 2.75) is 20.8 Å². The number of ether oxygens (including phenoxy) is 2. The van der Waals surface area contributed by atoms with Crippen LogP contribution < -0.4 is 10.1 Å². The minimum Gasteiger partial charge on any atom is -0.482 e. The van der Waals surface area contributed by atoms with E-state index in [1.165, 1.54) is 24.3 Å². The Morgan fingerprint density at radius 2 is 1.54 bits per heavy atom. The monoisotopic (exact) mass is 387 g/mol. The molecule has 0 heterocycles. The number of carbonyl (C=O) groups excluding carboxylic acids is 3. The van der Waals surface area contributed by atoms with Crippen molar-refractivity contribution in [3.05, 3.63) is 59.9 Å². The first-order chi connectivity index (χ1) is 13.1. The molecular formula is C21H22FNO5. The summed E-state index contributed by atoms with van der Waals surface area (Å²) < 4.78 is 22.8. The van der Waals surface area contributed by atoms with E-state index in [-0.39, 0.29) is 11.7 Å². The molecule has 0 spiro atoms. The van der Waals surface area contributed by atoms with E-state index >= 15 is 0 Å². The fourth-order valence-corrected chi connectivity index (χ4v) is 2.00. The molecule has 0 saturated carbocycles. The Balaban J connectivity index is 1.79. The van der Waals surface area contributed by atoms with Crippen LogP contribution in [0.5, 0.6) is 5.75 Å². The average Bonchev–Trinajstić information content (AvgIpc) is 2.65. The van der Waals surface area contributed by atoms with Crippen LogP contribution in [0.15, 0.2) is 48.5 Å². The summed E-state index contributed by atoms with van der Waals surface area (Å²) >= 11 is 0. The van der Waals surface area contributed by atoms with E-state index in [1.54, 1.807) is 45.0 Å². The molecule has 0 aliphatic carbocycles. The van der Waals surface area contributed by atoms with Crippen molar-refractivity contribution >= 4 is 23.3 Å². The third-order valence-corrected chi connectivity index (χ3v) is 3.68. The highest BCUT2D eigenvalue weighted by atomic mass is 19.1. The number of hydrogen-bond donors (Lipinski definition) is 1. The van der Waals surface area contributed by atoms with Crippen molar-refractivity contribution in [3.8, 4) is 5.75 Å². The van der Waals surface area contributed by atoms with Gasteiger partial charge in [-0.1, -0.05) is 20.8 Å². The third kappa shape index (κ3) is 6.50. The van der Waals surface area contributed by atoms with Gasteiger partial charge in [-0.15, -0.1) is 0 Å². The molecule has 0 aromatic heterocycles. The number of hydrogen-bond acceptors (Lipinski definition) is 5. The van der Waals surface area contributed by atoms with E-state index < -0.39 is 30.4 Å². The summed E-state index contributed by atoms with van der Waals surface area (Å²) in [7, 11) is 0. The van der Waals surface area contributed by atoms with Gasteiger partial charge in [-0.3, -0.25) is 9.59 Å². The second-order valence-corrected chi connectivity index (χ2v) is 7.11. The number of ketones is 1. The molecule has 7 heteroatoms. The van der Waals surface area contributed by atoms with Crippen LogP contribution in [0.3, 0.4) is 0 Å². The third-order valence-electron chi connectivity index (χ3n) is 3.68. The molecule has 2 aromatic rings. The molecule has 148 valence electrons. The van der Waals surface area contributed by atoms with E-state index in [9.17, 15) is 18.8 Å². The highest BCUT2D eigenvalue weighted by molar-refractivity contribution is 5.99. The van der Waals surface area contributed by atoms with E-state index in [0.29, 0.717) is 17.0 Å². The summed E-state index contributed by atoms with van der Waals surface area (Å²) in [6.07, 6.45) is 0. The lowest BCUT2D eigenvalue weighted by Gasteiger charge is -2.17. The number of carbonyl (C=O) groups is 3. The molecule has 0 bridgehead atoms. The molecule has 1 N–H and O–H groups in total. The van der Waals surface area contributed by atoms with Crippen LogP contribution in [0.25, 0.3) is 0 Å². The lowest BCUT2D eigenvalue weighted by atomic mass is 9.95. The number of benzene rings is 2. The Labute approximate surface area is 162 Å². The van der Waals surface area contributed by atoms with Gasteiger partial charge in [0.1, 0.15) is 11.6 Å². The van der Waals surface area contributed by atoms with Gasteiger partial charge in [0, 0.05) is 16.7 Å². The van der Waals surface area contributed by atoms with E-state index in [2.05, 4.69) is 5.32 Å². The molecule has 0 aliphatic heterocycles. The zero-order valence-electron chi connectivity index (χ0n) is 16.0. The number of amides is 1. The fraction of sp³-hybridized carbons (Fsp3) is 0.286. The van der Waals surface area contributed by atoms with Crippen molar-refractivity contribution in [2.24, 2.45) is 5.41 Å². The van der Waals surface area contributed by atoms with Crippen LogP contribution in [-0.2, 0) is 14.3 Å². The zero-order valence-corrected chi connectivity index (χ0v) is 16.0. The zero-order chi connectivity index (χ0) is 20.7. The molecule has 0 atom stereocenters. The van der Waals surface area contributed by atoms with Gasteiger partial charge in [0.05, 0.1) is 0 Å². The van der Waals surface area contributed by atoms with Gasteiger partial charge in [-0.25, -0.2) is 9.18 Å². The highest BCUT2D eigenvalue weighted by Gasteiger charge is 2.21. The first-order valence-electron chi connectivity index (χ1n) is 8.64. The summed E-state index contributed by atoms with van der Waals surface area (Å²) in [4.78, 5) is 35.7. The molecule has 2 aromatic carbocycles. The molecule has 0 saturated heterocycles. The predicted molar refractivity (Wildman–Crippen MR) is 102 cm³/mol. The maximum absolute atomic E-state index is 12.8. The molecular weight excluding hydrogens is 365 g/mol. The number of Topliss-reactive ketones (excluding diaryl/α,β-unsaturated/α-hetero) is 1. The quantitative estimate of drug-likeness (QED) is 0.580. The minimum absolute atomic E-state index is 0.137. The Morgan fingerprint density at radius 1 is 0.929 bits per heavy atom. The van der Waals surface area contributed by atoms with Gasteiger partial charge in [-0.2, -0.15) is 0 Å². The van der Waals surface area contributed by atoms with Crippen LogP contribution in [0.2, 0.25) is 0 Å². The first-order valence-corrected chi connectivity index (χ1v) is 8.64. The number of nitrogens with one attached hydrogen (secondary N) is 1. The number of halogens is 1. The van der Waals surface area contributed by atoms with Crippen molar-refractivity contribution in [1.29, 1.82) is 0 Å². The van der Waals surface area contributed by atoms with Crippen LogP contribution in [-0.4, -0.2) is 30.9 Å². The molecule has 6 nitrogen and oxygen atoms in total. The standard InChI is InChI=1S/C21H22FNO5/c1-21(2,3)20(26)23-16-8-4-14(5-9-16)18(24)12-28-19(25)13-27-17-10-6-15(22)7-11-17/h4-11H,12-13H2,1-3H3,(H,23,26). The molecule has 1 amide bonds. The molecule has 28 heavy (non-hydrogen) atoms. The number of esters is 1. The average molecular weight is 387 g/mol. The summed E-state index contributed by atoms with van der Waals surface area (Å²) in [5.74, 6) is -1.33. The van der Waals surface area contributed by atoms with Gasteiger partial charge in [-0.05, 0) is 48.5 Å². The Bertz CT molecular complexity index is 839. The number of rotatable bonds is 7. The Morgan fingerprint density at radius 3 is 2.11 bits per heavy atom. The SMILES string of the molecule is CC(C)(C)C(=O)Nc1ccc(C(=O)COC(=O)COc2ccc(F)cc2)cc1. The summed E-state index contributed by atoms with van der Waals surface area (Å²) in [5, 5.41) is 2.76. The first kappa shape index (κ1) is 21.1. The van der Waals surface area contributed by atoms with Crippen LogP contribution in [0.1, 0.15) is 31.1 Å². The highest BCUT2D eigenvalue weighted by Crippen LogP contribution is 2.18. The molecule has 0 aliphatic rings. The number of anilines is 1. The van der Waals surface area contributed by atoms with Gasteiger partial charge in [0.2, 0.25) is 5.91 Å². The fourth-order valence-electron chi connectivity index (χ4n) is 2.00. The predicted octanol–water partition coefficient (Wildman–Crippen LogP) is 3.62. The smallest absolute Gasteiger partial charge is 0.344 e.